The molecule has 2 aromatic carbocycles. The van der Waals surface area contributed by atoms with Crippen LogP contribution >= 0.6 is 11.6 Å². The van der Waals surface area contributed by atoms with Crippen LogP contribution in [0.25, 0.3) is 0 Å². The number of anilines is 2. The van der Waals surface area contributed by atoms with E-state index in [1.54, 1.807) is 12.1 Å². The van der Waals surface area contributed by atoms with Crippen LogP contribution in [0.5, 0.6) is 0 Å². The normalized spacial score (nSPS) is 14.5. The van der Waals surface area contributed by atoms with E-state index in [0.29, 0.717) is 17.8 Å². The lowest BCUT2D eigenvalue weighted by molar-refractivity contribution is -0.120. The third-order valence-corrected chi connectivity index (χ3v) is 5.52. The molecule has 2 amide bonds. The number of nitrogens with one attached hydrogen (secondary N) is 2. The summed E-state index contributed by atoms with van der Waals surface area (Å²) in [6.07, 6.45) is 3.49. The summed E-state index contributed by atoms with van der Waals surface area (Å²) >= 11 is 6.09. The molecule has 0 bridgehead atoms. The van der Waals surface area contributed by atoms with Gasteiger partial charge in [-0.2, -0.15) is 0 Å². The standard InChI is InChI=1S/C23H28ClN3O2/c1-2-3-13-25-23(29)20-9-4-5-10-21(20)26-22(28)17-11-14-27(15-12-17)19-8-6-7-18(24)16-19/h4-10,16-17H,2-3,11-15H2,1H3,(H,25,29)(H,26,28). The first-order valence-electron chi connectivity index (χ1n) is 10.3. The molecular weight excluding hydrogens is 386 g/mol. The van der Waals surface area contributed by atoms with E-state index < -0.39 is 0 Å². The quantitative estimate of drug-likeness (QED) is 0.645. The van der Waals surface area contributed by atoms with Gasteiger partial charge in [-0.25, -0.2) is 0 Å². The predicted molar refractivity (Wildman–Crippen MR) is 119 cm³/mol. The first-order chi connectivity index (χ1) is 14.1. The lowest BCUT2D eigenvalue weighted by Gasteiger charge is -2.33. The van der Waals surface area contributed by atoms with Crippen LogP contribution < -0.4 is 15.5 Å². The fourth-order valence-corrected chi connectivity index (χ4v) is 3.76. The Hall–Kier alpha value is -2.53. The second kappa shape index (κ2) is 10.3. The van der Waals surface area contributed by atoms with Gasteiger partial charge in [0, 0.05) is 36.3 Å². The van der Waals surface area contributed by atoms with Gasteiger partial charge in [0.05, 0.1) is 11.3 Å². The molecule has 0 spiro atoms. The maximum atomic E-state index is 12.8. The number of para-hydroxylation sites is 1. The van der Waals surface area contributed by atoms with Crippen molar-refractivity contribution in [2.45, 2.75) is 32.6 Å². The minimum atomic E-state index is -0.148. The lowest BCUT2D eigenvalue weighted by Crippen LogP contribution is -2.38. The van der Waals surface area contributed by atoms with Gasteiger partial charge in [0.1, 0.15) is 0 Å². The molecule has 0 radical (unpaired) electrons. The van der Waals surface area contributed by atoms with E-state index in [1.807, 2.05) is 36.4 Å². The van der Waals surface area contributed by atoms with E-state index in [2.05, 4.69) is 22.5 Å². The van der Waals surface area contributed by atoms with Crippen LogP contribution in [0.1, 0.15) is 43.0 Å². The van der Waals surface area contributed by atoms with Crippen molar-refractivity contribution in [2.75, 3.05) is 29.9 Å². The highest BCUT2D eigenvalue weighted by Crippen LogP contribution is 2.26. The molecule has 6 heteroatoms. The van der Waals surface area contributed by atoms with Crippen molar-refractivity contribution < 1.29 is 9.59 Å². The van der Waals surface area contributed by atoms with Crippen molar-refractivity contribution >= 4 is 34.8 Å². The van der Waals surface area contributed by atoms with E-state index >= 15 is 0 Å². The smallest absolute Gasteiger partial charge is 0.253 e. The minimum absolute atomic E-state index is 0.0236. The number of hydrogen-bond donors (Lipinski definition) is 2. The van der Waals surface area contributed by atoms with Crippen LogP contribution in [-0.2, 0) is 4.79 Å². The topological polar surface area (TPSA) is 61.4 Å². The summed E-state index contributed by atoms with van der Waals surface area (Å²) in [5.41, 5.74) is 2.17. The van der Waals surface area contributed by atoms with E-state index in [4.69, 9.17) is 11.6 Å². The number of nitrogens with zero attached hydrogens (tertiary/aromatic N) is 1. The minimum Gasteiger partial charge on any atom is -0.371 e. The highest BCUT2D eigenvalue weighted by atomic mass is 35.5. The number of rotatable bonds is 7. The summed E-state index contributed by atoms with van der Waals surface area (Å²) in [4.78, 5) is 27.5. The summed E-state index contributed by atoms with van der Waals surface area (Å²) in [6.45, 7) is 4.33. The monoisotopic (exact) mass is 413 g/mol. The van der Waals surface area contributed by atoms with Crippen LogP contribution in [-0.4, -0.2) is 31.4 Å². The van der Waals surface area contributed by atoms with Gasteiger partial charge in [-0.1, -0.05) is 43.1 Å². The van der Waals surface area contributed by atoms with E-state index in [1.165, 1.54) is 0 Å². The fraction of sp³-hybridized carbons (Fsp3) is 0.391. The maximum absolute atomic E-state index is 12.8. The Morgan fingerprint density at radius 3 is 2.59 bits per heavy atom. The van der Waals surface area contributed by atoms with E-state index in [-0.39, 0.29) is 17.7 Å². The molecule has 0 saturated carbocycles. The van der Waals surface area contributed by atoms with Crippen molar-refractivity contribution in [3.63, 3.8) is 0 Å². The van der Waals surface area contributed by atoms with Crippen molar-refractivity contribution in [2.24, 2.45) is 5.92 Å². The summed E-state index contributed by atoms with van der Waals surface area (Å²) in [6, 6.07) is 15.0. The van der Waals surface area contributed by atoms with Gasteiger partial charge in [-0.3, -0.25) is 9.59 Å². The van der Waals surface area contributed by atoms with Gasteiger partial charge in [0.2, 0.25) is 5.91 Å². The first-order valence-corrected chi connectivity index (χ1v) is 10.6. The van der Waals surface area contributed by atoms with Crippen LogP contribution in [0, 0.1) is 5.92 Å². The number of hydrogen-bond acceptors (Lipinski definition) is 3. The highest BCUT2D eigenvalue weighted by Gasteiger charge is 2.26. The van der Waals surface area contributed by atoms with Crippen molar-refractivity contribution in [3.05, 3.63) is 59.1 Å². The largest absolute Gasteiger partial charge is 0.371 e. The summed E-state index contributed by atoms with van der Waals surface area (Å²) in [7, 11) is 0. The molecular formula is C23H28ClN3O2. The number of benzene rings is 2. The zero-order valence-electron chi connectivity index (χ0n) is 16.8. The Balaban J connectivity index is 1.58. The first kappa shape index (κ1) is 21.2. The SMILES string of the molecule is CCCCNC(=O)c1ccccc1NC(=O)C1CCN(c2cccc(Cl)c2)CC1. The molecule has 0 aliphatic carbocycles. The fourth-order valence-electron chi connectivity index (χ4n) is 3.57. The molecule has 0 atom stereocenters. The van der Waals surface area contributed by atoms with Crippen LogP contribution in [0.15, 0.2) is 48.5 Å². The molecule has 2 aromatic rings. The molecule has 1 fully saturated rings. The highest BCUT2D eigenvalue weighted by molar-refractivity contribution is 6.30. The molecule has 0 aromatic heterocycles. The Morgan fingerprint density at radius 1 is 1.10 bits per heavy atom. The maximum Gasteiger partial charge on any atom is 0.253 e. The number of piperidine rings is 1. The van der Waals surface area contributed by atoms with Crippen molar-refractivity contribution in [3.8, 4) is 0 Å². The van der Waals surface area contributed by atoms with Crippen LogP contribution in [0.2, 0.25) is 5.02 Å². The second-order valence-electron chi connectivity index (χ2n) is 7.39. The van der Waals surface area contributed by atoms with Gasteiger partial charge in [-0.15, -0.1) is 0 Å². The Kier molecular flexibility index (Phi) is 7.53. The van der Waals surface area contributed by atoms with Gasteiger partial charge >= 0.3 is 0 Å². The lowest BCUT2D eigenvalue weighted by atomic mass is 9.95. The zero-order chi connectivity index (χ0) is 20.6. The van der Waals surface area contributed by atoms with E-state index in [9.17, 15) is 9.59 Å². The second-order valence-corrected chi connectivity index (χ2v) is 7.82. The number of carbonyl (C=O) groups excluding carboxylic acids is 2. The third-order valence-electron chi connectivity index (χ3n) is 5.28. The van der Waals surface area contributed by atoms with Crippen LogP contribution in [0.3, 0.4) is 0 Å². The molecule has 1 heterocycles. The number of carbonyl (C=O) groups is 2. The number of unbranched alkanes of at least 4 members (excludes halogenated alkanes) is 1. The van der Waals surface area contributed by atoms with Crippen molar-refractivity contribution in [1.29, 1.82) is 0 Å². The van der Waals surface area contributed by atoms with Crippen molar-refractivity contribution in [1.82, 2.24) is 5.32 Å². The molecule has 2 N–H and O–H groups in total. The molecule has 1 aliphatic rings. The summed E-state index contributed by atoms with van der Waals surface area (Å²) < 4.78 is 0. The molecule has 3 rings (SSSR count). The molecule has 29 heavy (non-hydrogen) atoms. The molecule has 1 aliphatic heterocycles. The van der Waals surface area contributed by atoms with Gasteiger partial charge in [-0.05, 0) is 49.6 Å². The summed E-state index contributed by atoms with van der Waals surface area (Å²) in [5, 5.41) is 6.61. The van der Waals surface area contributed by atoms with Crippen LogP contribution in [0.4, 0.5) is 11.4 Å². The van der Waals surface area contributed by atoms with Gasteiger partial charge < -0.3 is 15.5 Å². The third kappa shape index (κ3) is 5.73. The average Bonchev–Trinajstić information content (AvgIpc) is 2.74. The van der Waals surface area contributed by atoms with E-state index in [0.717, 1.165) is 49.5 Å². The van der Waals surface area contributed by atoms with Gasteiger partial charge in [0.15, 0.2) is 0 Å². The molecule has 1 saturated heterocycles. The Morgan fingerprint density at radius 2 is 1.86 bits per heavy atom. The number of halogens is 1. The Labute approximate surface area is 177 Å². The number of amides is 2. The Bertz CT molecular complexity index is 848. The van der Waals surface area contributed by atoms with Gasteiger partial charge in [0.25, 0.3) is 5.91 Å². The average molecular weight is 414 g/mol. The molecule has 0 unspecified atom stereocenters. The zero-order valence-corrected chi connectivity index (χ0v) is 17.5. The molecule has 154 valence electrons. The predicted octanol–water partition coefficient (Wildman–Crippen LogP) is 4.73. The molecule has 5 nitrogen and oxygen atoms in total. The summed E-state index contributed by atoms with van der Waals surface area (Å²) in [5.74, 6) is -0.240.